The van der Waals surface area contributed by atoms with Crippen molar-refractivity contribution in [1.29, 1.82) is 5.41 Å². The summed E-state index contributed by atoms with van der Waals surface area (Å²) in [5.41, 5.74) is 16.5. The normalized spacial score (nSPS) is 12.8. The van der Waals surface area contributed by atoms with E-state index in [4.69, 9.17) is 20.4 Å². The van der Waals surface area contributed by atoms with E-state index >= 15 is 0 Å². The number of nitrogens with zero attached hydrogens (tertiary/aromatic N) is 4. The van der Waals surface area contributed by atoms with Crippen LogP contribution < -0.4 is 0 Å². The first-order valence-corrected chi connectivity index (χ1v) is 19.8. The summed E-state index contributed by atoms with van der Waals surface area (Å²) in [5.74, 6) is 0.663. The van der Waals surface area contributed by atoms with Gasteiger partial charge in [-0.25, -0.2) is 19.3 Å². The molecule has 2 heterocycles. The van der Waals surface area contributed by atoms with Crippen molar-refractivity contribution in [2.75, 3.05) is 0 Å². The smallest absolute Gasteiger partial charge is 0.160 e. The van der Waals surface area contributed by atoms with Crippen LogP contribution in [-0.4, -0.2) is 26.4 Å². The molecule has 0 saturated carbocycles. The van der Waals surface area contributed by atoms with Gasteiger partial charge in [0.05, 0.1) is 34.0 Å². The van der Waals surface area contributed by atoms with E-state index in [0.29, 0.717) is 17.2 Å². The number of thiol groups is 1. The summed E-state index contributed by atoms with van der Waals surface area (Å²) < 4.78 is 4.05. The lowest BCUT2D eigenvalue weighted by molar-refractivity contribution is 1.18. The standard InChI is InChI=1S/C53H35N5S/c54-51-47(58-59)29-28-45-50(51)44-22-7-8-23-46(44)55-52(45)37-26-24-36(25-27-37)39-17-10-20-42(31-39)49-33-48(41-19-9-16-38(30-41)34-12-3-1-4-13-34)56-53(57-49)43-21-11-18-40(32-43)35-14-5-2-6-15-35/h1-33,54,59H/b54-51?,58-47-. The van der Waals surface area contributed by atoms with Gasteiger partial charge in [0.25, 0.3) is 0 Å². The summed E-state index contributed by atoms with van der Waals surface area (Å²) in [6.07, 6.45) is 3.83. The van der Waals surface area contributed by atoms with Crippen LogP contribution >= 0.6 is 12.8 Å². The Labute approximate surface area is 348 Å². The minimum absolute atomic E-state index is 0.342. The van der Waals surface area contributed by atoms with Crippen LogP contribution in [0.4, 0.5) is 0 Å². The fourth-order valence-electron chi connectivity index (χ4n) is 7.84. The molecule has 7 aromatic carbocycles. The van der Waals surface area contributed by atoms with Gasteiger partial charge in [0.15, 0.2) is 5.82 Å². The van der Waals surface area contributed by atoms with E-state index in [9.17, 15) is 0 Å². The average molecular weight is 774 g/mol. The van der Waals surface area contributed by atoms with Crippen molar-refractivity contribution in [1.82, 2.24) is 15.0 Å². The Balaban J connectivity index is 1.05. The number of fused-ring (bicyclic) bond motifs is 3. The molecule has 0 spiro atoms. The summed E-state index contributed by atoms with van der Waals surface area (Å²) in [5, 5.41) is 9.88. The molecule has 6 heteroatoms. The van der Waals surface area contributed by atoms with Gasteiger partial charge in [-0.2, -0.15) is 0 Å². The average Bonchev–Trinajstić information content (AvgIpc) is 3.32. The van der Waals surface area contributed by atoms with Gasteiger partial charge in [-0.15, -0.1) is 0 Å². The second kappa shape index (κ2) is 15.4. The van der Waals surface area contributed by atoms with Crippen LogP contribution in [0.1, 0.15) is 11.1 Å². The molecule has 1 N–H and O–H groups in total. The monoisotopic (exact) mass is 773 g/mol. The maximum Gasteiger partial charge on any atom is 0.160 e. The summed E-state index contributed by atoms with van der Waals surface area (Å²) in [4.78, 5) is 15.5. The maximum absolute atomic E-state index is 8.95. The first-order chi connectivity index (χ1) is 29.1. The molecule has 1 aliphatic rings. The molecule has 9 aromatic rings. The third-order valence-corrected chi connectivity index (χ3v) is 11.0. The Morgan fingerprint density at radius 1 is 0.407 bits per heavy atom. The lowest BCUT2D eigenvalue weighted by atomic mass is 9.88. The molecule has 2 aromatic heterocycles. The van der Waals surface area contributed by atoms with Crippen LogP contribution in [0, 0.1) is 5.41 Å². The highest BCUT2D eigenvalue weighted by Crippen LogP contribution is 2.37. The number of allylic oxidation sites excluding steroid dienone is 1. The van der Waals surface area contributed by atoms with Gasteiger partial charge in [-0.3, -0.25) is 5.41 Å². The van der Waals surface area contributed by atoms with E-state index in [-0.39, 0.29) is 0 Å². The molecule has 59 heavy (non-hydrogen) atoms. The number of aromatic nitrogens is 3. The third kappa shape index (κ3) is 6.96. The Kier molecular flexibility index (Phi) is 9.37. The molecular formula is C53H35N5S. The SMILES string of the molecule is N=C1/C(=N\S)C=Cc2c(-c3ccc(-c4cccc(-c5cc(-c6cccc(-c7ccccc7)c6)nc(-c6cccc(-c7ccccc7)c6)n5)c4)cc3)nc3ccccc3c21. The van der Waals surface area contributed by atoms with Crippen LogP contribution in [0.2, 0.25) is 0 Å². The van der Waals surface area contributed by atoms with Crippen molar-refractivity contribution >= 4 is 41.2 Å². The lowest BCUT2D eigenvalue weighted by Crippen LogP contribution is -2.18. The predicted molar refractivity (Wildman–Crippen MR) is 248 cm³/mol. The van der Waals surface area contributed by atoms with Crippen molar-refractivity contribution in [3.63, 3.8) is 0 Å². The second-order valence-corrected chi connectivity index (χ2v) is 14.7. The highest BCUT2D eigenvalue weighted by atomic mass is 32.1. The number of para-hydroxylation sites is 1. The van der Waals surface area contributed by atoms with E-state index < -0.39 is 0 Å². The lowest BCUT2D eigenvalue weighted by Gasteiger charge is -2.19. The summed E-state index contributed by atoms with van der Waals surface area (Å²) in [6.45, 7) is 0. The largest absolute Gasteiger partial charge is 0.298 e. The van der Waals surface area contributed by atoms with Crippen molar-refractivity contribution in [2.24, 2.45) is 4.40 Å². The minimum atomic E-state index is 0.342. The van der Waals surface area contributed by atoms with Crippen molar-refractivity contribution in [3.8, 4) is 78.5 Å². The molecule has 0 radical (unpaired) electrons. The van der Waals surface area contributed by atoms with Gasteiger partial charge in [0.2, 0.25) is 0 Å². The molecule has 0 atom stereocenters. The van der Waals surface area contributed by atoms with Gasteiger partial charge < -0.3 is 0 Å². The van der Waals surface area contributed by atoms with Crippen LogP contribution in [0.25, 0.3) is 95.5 Å². The minimum Gasteiger partial charge on any atom is -0.298 e. The molecule has 0 fully saturated rings. The van der Waals surface area contributed by atoms with Crippen LogP contribution in [0.15, 0.2) is 199 Å². The predicted octanol–water partition coefficient (Wildman–Crippen LogP) is 13.4. The van der Waals surface area contributed by atoms with Gasteiger partial charge in [0.1, 0.15) is 0 Å². The van der Waals surface area contributed by atoms with Crippen LogP contribution in [0.3, 0.4) is 0 Å². The molecule has 0 saturated heterocycles. The van der Waals surface area contributed by atoms with E-state index in [1.165, 1.54) is 0 Å². The number of hydrogen-bond donors (Lipinski definition) is 2. The maximum atomic E-state index is 8.95. The molecule has 0 amide bonds. The number of rotatable bonds is 7. The summed E-state index contributed by atoms with van der Waals surface area (Å²) in [7, 11) is 0. The number of nitrogens with one attached hydrogen (secondary N) is 1. The van der Waals surface area contributed by atoms with E-state index in [0.717, 1.165) is 94.7 Å². The molecule has 0 bridgehead atoms. The van der Waals surface area contributed by atoms with Crippen molar-refractivity contribution < 1.29 is 0 Å². The number of hydrogen-bond acceptors (Lipinski definition) is 6. The van der Waals surface area contributed by atoms with E-state index in [1.807, 2.05) is 48.6 Å². The highest BCUT2D eigenvalue weighted by Gasteiger charge is 2.23. The quantitative estimate of drug-likeness (QED) is 0.158. The molecule has 0 unspecified atom stereocenters. The van der Waals surface area contributed by atoms with Crippen molar-refractivity contribution in [2.45, 2.75) is 0 Å². The molecule has 1 aliphatic carbocycles. The van der Waals surface area contributed by atoms with Gasteiger partial charge >= 0.3 is 0 Å². The zero-order valence-electron chi connectivity index (χ0n) is 31.8. The topological polar surface area (TPSA) is 74.9 Å². The fourth-order valence-corrected chi connectivity index (χ4v) is 8.01. The van der Waals surface area contributed by atoms with E-state index in [2.05, 4.69) is 169 Å². The second-order valence-electron chi connectivity index (χ2n) is 14.5. The Hall–Kier alpha value is -7.54. The molecular weight excluding hydrogens is 739 g/mol. The molecule has 0 aliphatic heterocycles. The summed E-state index contributed by atoms with van der Waals surface area (Å²) >= 11 is 4.13. The van der Waals surface area contributed by atoms with E-state index in [1.54, 1.807) is 0 Å². The van der Waals surface area contributed by atoms with Crippen molar-refractivity contribution in [3.05, 3.63) is 205 Å². The highest BCUT2D eigenvalue weighted by molar-refractivity contribution is 7.79. The van der Waals surface area contributed by atoms with Gasteiger partial charge in [-0.1, -0.05) is 158 Å². The zero-order chi connectivity index (χ0) is 39.7. The van der Waals surface area contributed by atoms with Crippen LogP contribution in [-0.2, 0) is 0 Å². The Bertz CT molecular complexity index is 3020. The molecule has 10 rings (SSSR count). The first-order valence-electron chi connectivity index (χ1n) is 19.4. The third-order valence-electron chi connectivity index (χ3n) is 10.8. The molecule has 278 valence electrons. The summed E-state index contributed by atoms with van der Waals surface area (Å²) in [6, 6.07) is 64.9. The van der Waals surface area contributed by atoms with Gasteiger partial charge in [0, 0.05) is 38.8 Å². The fraction of sp³-hybridized carbons (Fsp3) is 0. The first kappa shape index (κ1) is 35.8. The zero-order valence-corrected chi connectivity index (χ0v) is 32.7. The number of pyridine rings is 1. The van der Waals surface area contributed by atoms with Gasteiger partial charge in [-0.05, 0) is 88.7 Å². The Morgan fingerprint density at radius 2 is 0.881 bits per heavy atom. The molecule has 5 nitrogen and oxygen atoms in total. The van der Waals surface area contributed by atoms with Crippen LogP contribution in [0.5, 0.6) is 0 Å². The number of benzene rings is 7. The Morgan fingerprint density at radius 3 is 1.47 bits per heavy atom.